The number of para-hydroxylation sites is 2. The van der Waals surface area contributed by atoms with E-state index in [2.05, 4.69) is 32.7 Å². The second-order valence-corrected chi connectivity index (χ2v) is 7.14. The van der Waals surface area contributed by atoms with E-state index in [0.717, 1.165) is 11.4 Å². The minimum absolute atomic E-state index is 0.361. The molecule has 10 nitrogen and oxygen atoms in total. The normalized spacial score (nSPS) is 8.82. The molecule has 0 saturated heterocycles. The smallest absolute Gasteiger partial charge is 0.386 e. The third kappa shape index (κ3) is 9.46. The van der Waals surface area contributed by atoms with Crippen LogP contribution in [0.4, 0.5) is 38.4 Å². The van der Waals surface area contributed by atoms with Crippen molar-refractivity contribution in [1.82, 2.24) is 0 Å². The predicted octanol–water partition coefficient (Wildman–Crippen LogP) is 5.23. The minimum Gasteiger partial charge on any atom is -0.867 e. The zero-order chi connectivity index (χ0) is 27.8. The molecule has 184 valence electrons. The Balaban J connectivity index is 0.000000234. The molecule has 12 heteroatoms. The zero-order valence-corrected chi connectivity index (χ0v) is 19.7. The van der Waals surface area contributed by atoms with Crippen LogP contribution in [0.3, 0.4) is 0 Å². The Morgan fingerprint density at radius 2 is 0.974 bits per heavy atom. The molecular weight excluding hydrogens is 486 g/mol. The first-order chi connectivity index (χ1) is 18.4. The van der Waals surface area contributed by atoms with Gasteiger partial charge >= 0.3 is 11.4 Å². The zero-order valence-electron chi connectivity index (χ0n) is 19.7. The van der Waals surface area contributed by atoms with Gasteiger partial charge in [-0.1, -0.05) is 36.4 Å². The molecule has 0 amide bonds. The van der Waals surface area contributed by atoms with Gasteiger partial charge in [-0.2, -0.15) is 10.5 Å². The Bertz CT molecular complexity index is 1390. The lowest BCUT2D eigenvalue weighted by Gasteiger charge is -2.09. The SMILES string of the molecule is N#Cc1cc([N+]#N)ccc1Nc1ccccc1.N#Cc1cc([N+]#N)ccc1Nc1ccccc1.[O-]B([O-])F. The maximum absolute atomic E-state index is 9.89. The molecule has 4 aromatic rings. The Morgan fingerprint density at radius 3 is 1.26 bits per heavy atom. The number of nitrogens with one attached hydrogen (secondary N) is 2. The molecule has 4 rings (SSSR count). The van der Waals surface area contributed by atoms with Gasteiger partial charge in [0.25, 0.3) is 0 Å². The van der Waals surface area contributed by atoms with Crippen LogP contribution in [0.5, 0.6) is 0 Å². The summed E-state index contributed by atoms with van der Waals surface area (Å²) in [6.45, 7) is 0. The summed E-state index contributed by atoms with van der Waals surface area (Å²) in [7, 11) is -3.17. The molecule has 0 atom stereocenters. The molecule has 0 fully saturated rings. The lowest BCUT2D eigenvalue weighted by Crippen LogP contribution is -2.39. The van der Waals surface area contributed by atoms with E-state index >= 15 is 0 Å². The Labute approximate surface area is 218 Å². The lowest BCUT2D eigenvalue weighted by atomic mass is 10.1. The standard InChI is InChI=1S/2C13H9N4.BFO2/c2*14-9-10-8-12(17-15)6-7-13(10)16-11-4-2-1-3-5-11;2-1(3)4/h2*1-8,16H;/q2*+1;-2. The van der Waals surface area contributed by atoms with Gasteiger partial charge in [0.15, 0.2) is 9.95 Å². The maximum atomic E-state index is 9.89. The first-order valence-electron chi connectivity index (χ1n) is 10.8. The number of halogens is 1. The second kappa shape index (κ2) is 15.3. The summed E-state index contributed by atoms with van der Waals surface area (Å²) in [6.07, 6.45) is 0. The fraction of sp³-hybridized carbons (Fsp3) is 0. The molecular formula is C26H18BFN8O2. The number of rotatable bonds is 4. The van der Waals surface area contributed by atoms with Gasteiger partial charge in [0.2, 0.25) is 10.8 Å². The van der Waals surface area contributed by atoms with Crippen LogP contribution in [-0.4, -0.2) is 7.40 Å². The van der Waals surface area contributed by atoms with Crippen LogP contribution in [0, 0.1) is 33.4 Å². The summed E-state index contributed by atoms with van der Waals surface area (Å²) >= 11 is 0. The molecule has 0 spiro atoms. The molecule has 0 radical (unpaired) electrons. The summed E-state index contributed by atoms with van der Waals surface area (Å²) in [5, 5.41) is 58.1. The molecule has 0 aliphatic carbocycles. The van der Waals surface area contributed by atoms with E-state index in [9.17, 15) is 4.32 Å². The van der Waals surface area contributed by atoms with Gasteiger partial charge in [0, 0.05) is 23.5 Å². The maximum Gasteiger partial charge on any atom is 0.386 e. The van der Waals surface area contributed by atoms with Crippen LogP contribution >= 0.6 is 0 Å². The number of anilines is 4. The number of benzene rings is 4. The van der Waals surface area contributed by atoms with Crippen molar-refractivity contribution in [2.24, 2.45) is 0 Å². The molecule has 4 aromatic carbocycles. The summed E-state index contributed by atoms with van der Waals surface area (Å²) in [4.78, 5) is 6.10. The molecule has 0 saturated carbocycles. The van der Waals surface area contributed by atoms with Gasteiger partial charge in [0.05, 0.1) is 34.6 Å². The highest BCUT2D eigenvalue weighted by Crippen LogP contribution is 2.26. The summed E-state index contributed by atoms with van der Waals surface area (Å²) < 4.78 is 9.89. The monoisotopic (exact) mass is 504 g/mol. The highest BCUT2D eigenvalue weighted by Gasteiger charge is 2.11. The molecule has 0 unspecified atom stereocenters. The fourth-order valence-corrected chi connectivity index (χ4v) is 2.95. The molecule has 2 N–H and O–H groups in total. The van der Waals surface area contributed by atoms with Gasteiger partial charge in [-0.3, -0.25) is 0 Å². The third-order valence-electron chi connectivity index (χ3n) is 4.58. The van der Waals surface area contributed by atoms with Crippen LogP contribution in [-0.2, 0) is 0 Å². The van der Waals surface area contributed by atoms with Gasteiger partial charge in [-0.05, 0) is 36.4 Å². The van der Waals surface area contributed by atoms with Crippen molar-refractivity contribution in [3.05, 3.63) is 118 Å². The molecule has 0 bridgehead atoms. The number of nitriles is 2. The first kappa shape index (κ1) is 28.5. The van der Waals surface area contributed by atoms with Gasteiger partial charge < -0.3 is 25.0 Å². The molecule has 0 heterocycles. The Hall–Kier alpha value is -5.79. The van der Waals surface area contributed by atoms with Crippen molar-refractivity contribution < 1.29 is 14.4 Å². The highest BCUT2D eigenvalue weighted by atomic mass is 19.1. The highest BCUT2D eigenvalue weighted by molar-refractivity contribution is 6.27. The fourth-order valence-electron chi connectivity index (χ4n) is 2.95. The van der Waals surface area contributed by atoms with E-state index in [-0.39, 0.29) is 0 Å². The molecule has 0 aliphatic rings. The van der Waals surface area contributed by atoms with E-state index < -0.39 is 7.40 Å². The third-order valence-corrected chi connectivity index (χ3v) is 4.58. The van der Waals surface area contributed by atoms with E-state index in [1.807, 2.05) is 60.7 Å². The number of hydrogen-bond donors (Lipinski definition) is 2. The topological polar surface area (TPSA) is 174 Å². The van der Waals surface area contributed by atoms with E-state index in [4.69, 9.17) is 31.4 Å². The van der Waals surface area contributed by atoms with Crippen LogP contribution in [0.25, 0.3) is 9.95 Å². The number of hydrogen-bond acceptors (Lipinski definition) is 8. The molecule has 0 aliphatic heterocycles. The molecule has 38 heavy (non-hydrogen) atoms. The Morgan fingerprint density at radius 1 is 0.632 bits per heavy atom. The van der Waals surface area contributed by atoms with Crippen LogP contribution in [0.1, 0.15) is 11.1 Å². The number of diazo groups is 2. The van der Waals surface area contributed by atoms with E-state index in [0.29, 0.717) is 33.9 Å². The van der Waals surface area contributed by atoms with Crippen molar-refractivity contribution in [2.75, 3.05) is 10.6 Å². The van der Waals surface area contributed by atoms with Crippen molar-refractivity contribution in [3.8, 4) is 12.1 Å². The summed E-state index contributed by atoms with van der Waals surface area (Å²) in [5.41, 5.74) is 4.77. The van der Waals surface area contributed by atoms with E-state index in [1.165, 1.54) is 12.1 Å². The van der Waals surface area contributed by atoms with Crippen LogP contribution < -0.4 is 20.7 Å². The van der Waals surface area contributed by atoms with Crippen LogP contribution in [0.2, 0.25) is 0 Å². The van der Waals surface area contributed by atoms with E-state index in [1.54, 1.807) is 24.3 Å². The van der Waals surface area contributed by atoms with Gasteiger partial charge in [0.1, 0.15) is 19.5 Å². The van der Waals surface area contributed by atoms with Crippen LogP contribution in [0.15, 0.2) is 97.1 Å². The lowest BCUT2D eigenvalue weighted by molar-refractivity contribution is -0.366. The first-order valence-corrected chi connectivity index (χ1v) is 10.8. The van der Waals surface area contributed by atoms with Crippen molar-refractivity contribution in [2.45, 2.75) is 0 Å². The van der Waals surface area contributed by atoms with Gasteiger partial charge in [-0.25, -0.2) is 0 Å². The summed E-state index contributed by atoms with van der Waals surface area (Å²) in [5.74, 6) is 0. The summed E-state index contributed by atoms with van der Waals surface area (Å²) in [6, 6.07) is 32.9. The van der Waals surface area contributed by atoms with Crippen molar-refractivity contribution >= 4 is 41.5 Å². The number of nitrogens with zero attached hydrogens (tertiary/aromatic N) is 6. The Kier molecular flexibility index (Phi) is 11.4. The second-order valence-electron chi connectivity index (χ2n) is 7.14. The largest absolute Gasteiger partial charge is 0.867 e. The predicted molar refractivity (Wildman–Crippen MR) is 138 cm³/mol. The van der Waals surface area contributed by atoms with Crippen molar-refractivity contribution in [1.29, 1.82) is 21.3 Å². The average molecular weight is 504 g/mol. The average Bonchev–Trinajstić information content (AvgIpc) is 2.94. The van der Waals surface area contributed by atoms with Gasteiger partial charge in [-0.15, -0.1) is 0 Å². The molecule has 0 aromatic heterocycles. The quantitative estimate of drug-likeness (QED) is 0.280. The minimum atomic E-state index is -3.17. The van der Waals surface area contributed by atoms with Crippen molar-refractivity contribution in [3.63, 3.8) is 0 Å².